The van der Waals surface area contributed by atoms with Gasteiger partial charge in [0.1, 0.15) is 11.5 Å². The van der Waals surface area contributed by atoms with E-state index in [0.29, 0.717) is 13.1 Å². The molecule has 2 bridgehead atoms. The van der Waals surface area contributed by atoms with E-state index in [1.54, 1.807) is 11.0 Å². The number of carbonyl (C=O) groups excluding carboxylic acids is 1. The number of likely N-dealkylation sites (tertiary alicyclic amines) is 1. The van der Waals surface area contributed by atoms with Gasteiger partial charge in [0.2, 0.25) is 5.91 Å². The summed E-state index contributed by atoms with van der Waals surface area (Å²) in [7, 11) is 0. The molecule has 0 saturated carbocycles. The number of nitrogens with zero attached hydrogens (tertiary/aromatic N) is 1. The second kappa shape index (κ2) is 4.18. The van der Waals surface area contributed by atoms with Crippen LogP contribution in [0.15, 0.2) is 42.5 Å². The number of hydrogen-bond acceptors (Lipinski definition) is 3. The standard InChI is InChI=1S/C16H15NO4/c18-14-13-12(15(19)20)11-6-7-16(13,21-11)9-17(14)8-10-4-2-1-3-5-10/h1-7,11-13H,8-9H2,(H,19,20)/t11-,12-,13?,16-/m0/s1. The number of fused-ring (bicyclic) bond motifs is 1. The Bertz CT molecular complexity index is 641. The Morgan fingerprint density at radius 2 is 2.14 bits per heavy atom. The Balaban J connectivity index is 1.63. The molecule has 5 nitrogen and oxygen atoms in total. The van der Waals surface area contributed by atoms with Crippen LogP contribution in [0.2, 0.25) is 0 Å². The summed E-state index contributed by atoms with van der Waals surface area (Å²) >= 11 is 0. The highest BCUT2D eigenvalue weighted by Crippen LogP contribution is 2.52. The van der Waals surface area contributed by atoms with Gasteiger partial charge in [-0.25, -0.2) is 0 Å². The molecule has 1 spiro atoms. The third kappa shape index (κ3) is 1.67. The molecule has 5 heteroatoms. The Kier molecular flexibility index (Phi) is 2.50. The predicted molar refractivity (Wildman–Crippen MR) is 73.2 cm³/mol. The van der Waals surface area contributed by atoms with Crippen LogP contribution < -0.4 is 0 Å². The number of benzene rings is 1. The molecule has 1 amide bonds. The average Bonchev–Trinajstić information content (AvgIpc) is 3.09. The summed E-state index contributed by atoms with van der Waals surface area (Å²) in [5, 5.41) is 9.39. The fourth-order valence-corrected chi connectivity index (χ4v) is 3.80. The van der Waals surface area contributed by atoms with Gasteiger partial charge in [-0.1, -0.05) is 42.5 Å². The van der Waals surface area contributed by atoms with Gasteiger partial charge in [0, 0.05) is 6.54 Å². The molecule has 108 valence electrons. The first-order valence-electron chi connectivity index (χ1n) is 7.03. The lowest BCUT2D eigenvalue weighted by molar-refractivity contribution is -0.148. The number of aliphatic carboxylic acids is 1. The highest BCUT2D eigenvalue weighted by atomic mass is 16.5. The molecule has 3 aliphatic rings. The lowest BCUT2D eigenvalue weighted by Gasteiger charge is -2.21. The van der Waals surface area contributed by atoms with Gasteiger partial charge in [0.25, 0.3) is 0 Å². The number of rotatable bonds is 3. The molecule has 3 heterocycles. The van der Waals surface area contributed by atoms with Crippen LogP contribution in [-0.2, 0) is 20.9 Å². The molecule has 0 radical (unpaired) electrons. The summed E-state index contributed by atoms with van der Waals surface area (Å²) in [5.74, 6) is -2.42. The fourth-order valence-electron chi connectivity index (χ4n) is 3.80. The third-order valence-corrected chi connectivity index (χ3v) is 4.68. The van der Waals surface area contributed by atoms with E-state index in [1.807, 2.05) is 36.4 Å². The maximum Gasteiger partial charge on any atom is 0.310 e. The predicted octanol–water partition coefficient (Wildman–Crippen LogP) is 1.05. The number of amides is 1. The molecule has 1 N–H and O–H groups in total. The third-order valence-electron chi connectivity index (χ3n) is 4.68. The quantitative estimate of drug-likeness (QED) is 0.843. The van der Waals surface area contributed by atoms with Crippen LogP contribution in [0.3, 0.4) is 0 Å². The van der Waals surface area contributed by atoms with Crippen molar-refractivity contribution in [1.82, 2.24) is 4.90 Å². The van der Waals surface area contributed by atoms with Crippen molar-refractivity contribution in [1.29, 1.82) is 0 Å². The number of carbonyl (C=O) groups is 2. The van der Waals surface area contributed by atoms with Crippen LogP contribution >= 0.6 is 0 Å². The van der Waals surface area contributed by atoms with Gasteiger partial charge in [-0.3, -0.25) is 9.59 Å². The van der Waals surface area contributed by atoms with Crippen molar-refractivity contribution in [2.75, 3.05) is 6.54 Å². The summed E-state index contributed by atoms with van der Waals surface area (Å²) in [6.45, 7) is 0.925. The molecular formula is C16H15NO4. The molecule has 4 rings (SSSR count). The summed E-state index contributed by atoms with van der Waals surface area (Å²) in [5.41, 5.74) is 0.298. The minimum atomic E-state index is -0.953. The second-order valence-corrected chi connectivity index (χ2v) is 5.92. The molecule has 1 unspecified atom stereocenters. The minimum absolute atomic E-state index is 0.113. The normalized spacial score (nSPS) is 36.3. The van der Waals surface area contributed by atoms with E-state index in [2.05, 4.69) is 0 Å². The lowest BCUT2D eigenvalue weighted by Crippen LogP contribution is -2.39. The second-order valence-electron chi connectivity index (χ2n) is 5.92. The SMILES string of the molecule is O=C(O)[C@@H]1C2C(=O)N(Cc3ccccc3)C[C@@]23C=C[C@@H]1O3. The largest absolute Gasteiger partial charge is 0.481 e. The Morgan fingerprint density at radius 3 is 2.86 bits per heavy atom. The van der Waals surface area contributed by atoms with Gasteiger partial charge < -0.3 is 14.7 Å². The van der Waals surface area contributed by atoms with Gasteiger partial charge in [0.05, 0.1) is 18.6 Å². The number of ether oxygens (including phenoxy) is 1. The molecule has 4 atom stereocenters. The molecule has 1 aromatic carbocycles. The van der Waals surface area contributed by atoms with E-state index in [1.165, 1.54) is 0 Å². The van der Waals surface area contributed by atoms with Gasteiger partial charge in [-0.15, -0.1) is 0 Å². The highest BCUT2D eigenvalue weighted by Gasteiger charge is 2.66. The fraction of sp³-hybridized carbons (Fsp3) is 0.375. The van der Waals surface area contributed by atoms with Crippen LogP contribution in [0.5, 0.6) is 0 Å². The van der Waals surface area contributed by atoms with Crippen LogP contribution in [0.4, 0.5) is 0 Å². The topological polar surface area (TPSA) is 66.8 Å². The van der Waals surface area contributed by atoms with Crippen LogP contribution in [0, 0.1) is 11.8 Å². The van der Waals surface area contributed by atoms with Crippen LogP contribution in [0.25, 0.3) is 0 Å². The number of carboxylic acids is 1. The van der Waals surface area contributed by atoms with E-state index in [9.17, 15) is 14.7 Å². The van der Waals surface area contributed by atoms with Crippen molar-refractivity contribution >= 4 is 11.9 Å². The monoisotopic (exact) mass is 285 g/mol. The summed E-state index contributed by atoms with van der Waals surface area (Å²) in [6, 6.07) is 9.70. The molecule has 0 aliphatic carbocycles. The highest BCUT2D eigenvalue weighted by molar-refractivity contribution is 5.90. The molecular weight excluding hydrogens is 270 g/mol. The van der Waals surface area contributed by atoms with Gasteiger partial charge in [-0.2, -0.15) is 0 Å². The number of hydrogen-bond donors (Lipinski definition) is 1. The molecule has 0 aromatic heterocycles. The Morgan fingerprint density at radius 1 is 1.38 bits per heavy atom. The van der Waals surface area contributed by atoms with Crippen molar-refractivity contribution in [3.05, 3.63) is 48.0 Å². The van der Waals surface area contributed by atoms with E-state index >= 15 is 0 Å². The first kappa shape index (κ1) is 12.6. The maximum atomic E-state index is 12.6. The maximum absolute atomic E-state index is 12.6. The van der Waals surface area contributed by atoms with E-state index in [-0.39, 0.29) is 5.91 Å². The van der Waals surface area contributed by atoms with Gasteiger partial charge in [-0.05, 0) is 5.56 Å². The summed E-state index contributed by atoms with van der Waals surface area (Å²) in [6.07, 6.45) is 3.20. The smallest absolute Gasteiger partial charge is 0.310 e. The molecule has 2 fully saturated rings. The van der Waals surface area contributed by atoms with Crippen LogP contribution in [-0.4, -0.2) is 40.1 Å². The van der Waals surface area contributed by atoms with Crippen LogP contribution in [0.1, 0.15) is 5.56 Å². The van der Waals surface area contributed by atoms with Gasteiger partial charge >= 0.3 is 5.97 Å². The molecule has 2 saturated heterocycles. The Labute approximate surface area is 121 Å². The summed E-state index contributed by atoms with van der Waals surface area (Å²) < 4.78 is 5.84. The lowest BCUT2D eigenvalue weighted by atomic mass is 9.77. The van der Waals surface area contributed by atoms with Crippen molar-refractivity contribution in [3.8, 4) is 0 Å². The zero-order valence-corrected chi connectivity index (χ0v) is 11.3. The molecule has 3 aliphatic heterocycles. The minimum Gasteiger partial charge on any atom is -0.481 e. The zero-order valence-electron chi connectivity index (χ0n) is 11.3. The van der Waals surface area contributed by atoms with Crippen molar-refractivity contribution in [2.24, 2.45) is 11.8 Å². The van der Waals surface area contributed by atoms with Crippen molar-refractivity contribution in [3.63, 3.8) is 0 Å². The first-order chi connectivity index (χ1) is 10.1. The van der Waals surface area contributed by atoms with E-state index in [0.717, 1.165) is 5.56 Å². The molecule has 1 aromatic rings. The van der Waals surface area contributed by atoms with Crippen molar-refractivity contribution in [2.45, 2.75) is 18.2 Å². The van der Waals surface area contributed by atoms with Gasteiger partial charge in [0.15, 0.2) is 0 Å². The van der Waals surface area contributed by atoms with E-state index in [4.69, 9.17) is 4.74 Å². The number of carboxylic acid groups (broad SMARTS) is 1. The zero-order chi connectivity index (χ0) is 14.6. The first-order valence-corrected chi connectivity index (χ1v) is 7.03. The average molecular weight is 285 g/mol. The molecule has 21 heavy (non-hydrogen) atoms. The summed E-state index contributed by atoms with van der Waals surface area (Å²) in [4.78, 5) is 25.8. The van der Waals surface area contributed by atoms with Crippen molar-refractivity contribution < 1.29 is 19.4 Å². The van der Waals surface area contributed by atoms with E-state index < -0.39 is 29.5 Å². The Hall–Kier alpha value is -2.14.